The number of nitrogens with two attached hydrogens (primary N) is 1. The summed E-state index contributed by atoms with van der Waals surface area (Å²) in [5.74, 6) is 1.00. The van der Waals surface area contributed by atoms with Crippen molar-refractivity contribution < 1.29 is 9.94 Å². The molecule has 5 nitrogen and oxygen atoms in total. The highest BCUT2D eigenvalue weighted by atomic mass is 32.2. The standard InChI is InChI=1S/C11H15N3O2S/c12-11(14-15)8-3-4-10(13-6-8)17-7-9-2-1-5-16-9/h3-4,6,9,15H,1-2,5,7H2,(H2,12,14). The number of aromatic nitrogens is 1. The molecule has 1 aromatic heterocycles. The molecule has 0 aromatic carbocycles. The topological polar surface area (TPSA) is 80.7 Å². The predicted octanol–water partition coefficient (Wildman–Crippen LogP) is 1.45. The van der Waals surface area contributed by atoms with Crippen LogP contribution >= 0.6 is 11.8 Å². The summed E-state index contributed by atoms with van der Waals surface area (Å²) >= 11 is 1.67. The average molecular weight is 253 g/mol. The SMILES string of the molecule is N/C(=N/O)c1ccc(SCC2CCCO2)nc1. The van der Waals surface area contributed by atoms with E-state index in [9.17, 15) is 0 Å². The van der Waals surface area contributed by atoms with Crippen molar-refractivity contribution in [3.63, 3.8) is 0 Å². The van der Waals surface area contributed by atoms with Crippen molar-refractivity contribution >= 4 is 17.6 Å². The van der Waals surface area contributed by atoms with Gasteiger partial charge in [-0.3, -0.25) is 0 Å². The first-order valence-electron chi connectivity index (χ1n) is 5.48. The summed E-state index contributed by atoms with van der Waals surface area (Å²) in [7, 11) is 0. The van der Waals surface area contributed by atoms with Crippen LogP contribution < -0.4 is 5.73 Å². The quantitative estimate of drug-likeness (QED) is 0.279. The van der Waals surface area contributed by atoms with E-state index in [-0.39, 0.29) is 5.84 Å². The van der Waals surface area contributed by atoms with E-state index < -0.39 is 0 Å². The molecule has 0 bridgehead atoms. The molecule has 1 aromatic rings. The molecule has 0 spiro atoms. The number of ether oxygens (including phenoxy) is 1. The van der Waals surface area contributed by atoms with Crippen molar-refractivity contribution in [1.82, 2.24) is 4.98 Å². The van der Waals surface area contributed by atoms with Gasteiger partial charge < -0.3 is 15.7 Å². The minimum atomic E-state index is 0.0770. The number of hydrogen-bond donors (Lipinski definition) is 2. The van der Waals surface area contributed by atoms with Crippen molar-refractivity contribution in [2.45, 2.75) is 24.0 Å². The van der Waals surface area contributed by atoms with Crippen molar-refractivity contribution in [3.05, 3.63) is 23.9 Å². The summed E-state index contributed by atoms with van der Waals surface area (Å²) in [4.78, 5) is 4.24. The third kappa shape index (κ3) is 3.34. The normalized spacial score (nSPS) is 20.7. The predicted molar refractivity (Wildman–Crippen MR) is 66.4 cm³/mol. The maximum absolute atomic E-state index is 8.52. The summed E-state index contributed by atoms with van der Waals surface area (Å²) < 4.78 is 5.53. The number of thioether (sulfide) groups is 1. The lowest BCUT2D eigenvalue weighted by Crippen LogP contribution is -2.13. The molecule has 0 amide bonds. The number of amidine groups is 1. The van der Waals surface area contributed by atoms with Gasteiger partial charge in [0, 0.05) is 24.1 Å². The zero-order valence-electron chi connectivity index (χ0n) is 9.37. The third-order valence-electron chi connectivity index (χ3n) is 2.58. The largest absolute Gasteiger partial charge is 0.409 e. The molecule has 1 unspecified atom stereocenters. The molecule has 2 heterocycles. The van der Waals surface area contributed by atoms with Crippen LogP contribution in [0.25, 0.3) is 0 Å². The van der Waals surface area contributed by atoms with Crippen LogP contribution in [-0.4, -0.2) is 34.5 Å². The molecule has 1 fully saturated rings. The molecular weight excluding hydrogens is 238 g/mol. The van der Waals surface area contributed by atoms with Crippen molar-refractivity contribution in [2.75, 3.05) is 12.4 Å². The smallest absolute Gasteiger partial charge is 0.171 e. The van der Waals surface area contributed by atoms with Gasteiger partial charge in [-0.2, -0.15) is 0 Å². The van der Waals surface area contributed by atoms with Gasteiger partial charge in [-0.25, -0.2) is 4.98 Å². The third-order valence-corrected chi connectivity index (χ3v) is 3.66. The first-order valence-corrected chi connectivity index (χ1v) is 6.46. The molecule has 92 valence electrons. The molecule has 6 heteroatoms. The second kappa shape index (κ2) is 5.88. The lowest BCUT2D eigenvalue weighted by Gasteiger charge is -2.08. The van der Waals surface area contributed by atoms with Gasteiger partial charge in [-0.05, 0) is 25.0 Å². The second-order valence-corrected chi connectivity index (χ2v) is 4.86. The van der Waals surface area contributed by atoms with Gasteiger partial charge in [0.15, 0.2) is 5.84 Å². The number of pyridine rings is 1. The molecule has 1 atom stereocenters. The Labute approximate surface area is 104 Å². The minimum Gasteiger partial charge on any atom is -0.409 e. The molecule has 3 N–H and O–H groups in total. The molecule has 1 saturated heterocycles. The maximum atomic E-state index is 8.52. The van der Waals surface area contributed by atoms with Crippen LogP contribution in [-0.2, 0) is 4.74 Å². The van der Waals surface area contributed by atoms with Gasteiger partial charge in [0.1, 0.15) is 0 Å². The van der Waals surface area contributed by atoms with Crippen LogP contribution in [0.3, 0.4) is 0 Å². The van der Waals surface area contributed by atoms with E-state index in [1.807, 2.05) is 6.07 Å². The molecule has 1 aliphatic heterocycles. The Morgan fingerprint density at radius 1 is 1.65 bits per heavy atom. The van der Waals surface area contributed by atoms with Crippen LogP contribution in [0.5, 0.6) is 0 Å². The first-order chi connectivity index (χ1) is 8.29. The Hall–Kier alpha value is -1.27. The van der Waals surface area contributed by atoms with E-state index in [0.29, 0.717) is 11.7 Å². The molecule has 0 radical (unpaired) electrons. The van der Waals surface area contributed by atoms with Crippen LogP contribution in [0.2, 0.25) is 0 Å². The number of hydrogen-bond acceptors (Lipinski definition) is 5. The summed E-state index contributed by atoms with van der Waals surface area (Å²) in [6.07, 6.45) is 4.24. The fourth-order valence-electron chi connectivity index (χ4n) is 1.63. The van der Waals surface area contributed by atoms with E-state index in [1.54, 1.807) is 24.0 Å². The number of nitrogens with zero attached hydrogens (tertiary/aromatic N) is 2. The zero-order valence-corrected chi connectivity index (χ0v) is 10.2. The van der Waals surface area contributed by atoms with E-state index >= 15 is 0 Å². The summed E-state index contributed by atoms with van der Waals surface area (Å²) in [6, 6.07) is 3.66. The second-order valence-electron chi connectivity index (χ2n) is 3.82. The monoisotopic (exact) mass is 253 g/mol. The average Bonchev–Trinajstić information content (AvgIpc) is 2.89. The van der Waals surface area contributed by atoms with Crippen molar-refractivity contribution in [2.24, 2.45) is 10.9 Å². The summed E-state index contributed by atoms with van der Waals surface area (Å²) in [5.41, 5.74) is 6.07. The Kier molecular flexibility index (Phi) is 4.22. The molecule has 17 heavy (non-hydrogen) atoms. The van der Waals surface area contributed by atoms with Gasteiger partial charge in [0.25, 0.3) is 0 Å². The molecule has 1 aliphatic rings. The number of oxime groups is 1. The molecule has 0 saturated carbocycles. The van der Waals surface area contributed by atoms with Gasteiger partial charge in [0.2, 0.25) is 0 Å². The van der Waals surface area contributed by atoms with E-state index in [1.165, 1.54) is 0 Å². The van der Waals surface area contributed by atoms with Crippen molar-refractivity contribution in [3.8, 4) is 0 Å². The molecule has 0 aliphatic carbocycles. The minimum absolute atomic E-state index is 0.0770. The Morgan fingerprint density at radius 2 is 2.53 bits per heavy atom. The van der Waals surface area contributed by atoms with Gasteiger partial charge in [-0.15, -0.1) is 11.8 Å². The lowest BCUT2D eigenvalue weighted by atomic mass is 10.3. The maximum Gasteiger partial charge on any atom is 0.171 e. The Balaban J connectivity index is 1.89. The molecule has 2 rings (SSSR count). The van der Waals surface area contributed by atoms with Crippen LogP contribution in [0.15, 0.2) is 28.5 Å². The van der Waals surface area contributed by atoms with Gasteiger partial charge >= 0.3 is 0 Å². The highest BCUT2D eigenvalue weighted by molar-refractivity contribution is 7.99. The van der Waals surface area contributed by atoms with Gasteiger partial charge in [-0.1, -0.05) is 5.16 Å². The van der Waals surface area contributed by atoms with Crippen LogP contribution in [0.1, 0.15) is 18.4 Å². The van der Waals surface area contributed by atoms with Crippen LogP contribution in [0.4, 0.5) is 0 Å². The highest BCUT2D eigenvalue weighted by Crippen LogP contribution is 2.22. The van der Waals surface area contributed by atoms with E-state index in [0.717, 1.165) is 30.2 Å². The Bertz CT molecular complexity index is 388. The van der Waals surface area contributed by atoms with Crippen LogP contribution in [0, 0.1) is 0 Å². The fourth-order valence-corrected chi connectivity index (χ4v) is 2.54. The number of rotatable bonds is 4. The fraction of sp³-hybridized carbons (Fsp3) is 0.455. The summed E-state index contributed by atoms with van der Waals surface area (Å²) in [6.45, 7) is 0.876. The summed E-state index contributed by atoms with van der Waals surface area (Å²) in [5, 5.41) is 12.4. The van der Waals surface area contributed by atoms with E-state index in [2.05, 4.69) is 10.1 Å². The van der Waals surface area contributed by atoms with Crippen molar-refractivity contribution in [1.29, 1.82) is 0 Å². The molecular formula is C11H15N3O2S. The highest BCUT2D eigenvalue weighted by Gasteiger charge is 2.15. The zero-order chi connectivity index (χ0) is 12.1. The Morgan fingerprint density at radius 3 is 3.12 bits per heavy atom. The first kappa shape index (κ1) is 12.2. The van der Waals surface area contributed by atoms with Gasteiger partial charge in [0.05, 0.1) is 11.1 Å². The van der Waals surface area contributed by atoms with E-state index in [4.69, 9.17) is 15.7 Å². The lowest BCUT2D eigenvalue weighted by molar-refractivity contribution is 0.129.